The Balaban J connectivity index is 1.44. The molecule has 0 unspecified atom stereocenters. The first-order chi connectivity index (χ1) is 21.7. The number of amides is 2. The lowest BCUT2D eigenvalue weighted by molar-refractivity contribution is -0.123. The van der Waals surface area contributed by atoms with E-state index < -0.39 is 58.5 Å². The van der Waals surface area contributed by atoms with Crippen LogP contribution in [-0.2, 0) is 15.8 Å². The van der Waals surface area contributed by atoms with Gasteiger partial charge in [0.05, 0.1) is 29.4 Å². The van der Waals surface area contributed by atoms with Crippen LogP contribution in [0.1, 0.15) is 47.9 Å². The van der Waals surface area contributed by atoms with Crippen LogP contribution in [0.4, 0.5) is 17.6 Å². The van der Waals surface area contributed by atoms with Crippen LogP contribution in [0.2, 0.25) is 10.0 Å². The van der Waals surface area contributed by atoms with Gasteiger partial charge >= 0.3 is 6.55 Å². The van der Waals surface area contributed by atoms with Gasteiger partial charge in [-0.25, -0.2) is 18.4 Å². The first kappa shape index (κ1) is 31.8. The smallest absolute Gasteiger partial charge is 0.333 e. The van der Waals surface area contributed by atoms with E-state index in [0.717, 1.165) is 12.3 Å². The summed E-state index contributed by atoms with van der Waals surface area (Å²) in [5.74, 6) is -4.11. The van der Waals surface area contributed by atoms with Crippen LogP contribution in [0.3, 0.4) is 0 Å². The molecule has 2 atom stereocenters. The Morgan fingerprint density at radius 1 is 1.24 bits per heavy atom. The van der Waals surface area contributed by atoms with Crippen LogP contribution >= 0.6 is 23.2 Å². The third kappa shape index (κ3) is 5.08. The van der Waals surface area contributed by atoms with Crippen molar-refractivity contribution in [3.05, 3.63) is 69.0 Å². The zero-order chi connectivity index (χ0) is 33.3. The van der Waals surface area contributed by atoms with E-state index in [1.165, 1.54) is 26.2 Å². The van der Waals surface area contributed by atoms with Crippen LogP contribution in [0.25, 0.3) is 22.2 Å². The van der Waals surface area contributed by atoms with Crippen LogP contribution in [-0.4, -0.2) is 51.9 Å². The average molecular weight is 682 g/mol. The van der Waals surface area contributed by atoms with Gasteiger partial charge < -0.3 is 25.6 Å². The molecule has 2 aromatic carbocycles. The van der Waals surface area contributed by atoms with Crippen molar-refractivity contribution in [3.63, 3.8) is 0 Å². The molecule has 0 spiro atoms. The van der Waals surface area contributed by atoms with E-state index in [-0.39, 0.29) is 62.1 Å². The van der Waals surface area contributed by atoms with Crippen LogP contribution in [0, 0.1) is 17.6 Å². The molecule has 4 aromatic rings. The predicted molar refractivity (Wildman–Crippen MR) is 158 cm³/mol. The topological polar surface area (TPSA) is 142 Å². The highest BCUT2D eigenvalue weighted by molar-refractivity contribution is 6.33. The number of halogens is 6. The molecule has 6 rings (SSSR count). The number of fused-ring (bicyclic) bond motifs is 2. The van der Waals surface area contributed by atoms with Gasteiger partial charge in [0.2, 0.25) is 5.91 Å². The molecule has 0 radical (unpaired) electrons. The van der Waals surface area contributed by atoms with Gasteiger partial charge in [0.1, 0.15) is 46.2 Å². The fourth-order valence-electron chi connectivity index (χ4n) is 5.65. The van der Waals surface area contributed by atoms with Gasteiger partial charge in [0.25, 0.3) is 5.91 Å². The van der Waals surface area contributed by atoms with Crippen molar-refractivity contribution in [3.8, 4) is 22.8 Å². The summed E-state index contributed by atoms with van der Waals surface area (Å²) >= 11 is 12.8. The van der Waals surface area contributed by atoms with E-state index in [9.17, 15) is 27.9 Å². The molecule has 0 bridgehead atoms. The number of rotatable bonds is 9. The number of methoxy groups -OCH3 is 1. The first-order valence-electron chi connectivity index (χ1n) is 13.9. The number of primary amides is 1. The Hall–Kier alpha value is -4.14. The Morgan fingerprint density at radius 2 is 1.96 bits per heavy atom. The lowest BCUT2D eigenvalue weighted by Crippen LogP contribution is -2.44. The number of aromatic nitrogens is 3. The number of alkyl halides is 2. The Morgan fingerprint density at radius 3 is 2.59 bits per heavy atom. The molecule has 2 aromatic heterocycles. The lowest BCUT2D eigenvalue weighted by atomic mass is 9.81. The average Bonchev–Trinajstić information content (AvgIpc) is 3.68. The molecular formula is C30H25Cl2F4N5O5. The van der Waals surface area contributed by atoms with Gasteiger partial charge in [-0.1, -0.05) is 23.2 Å². The fraction of sp³-hybridized carbons (Fsp3) is 0.333. The first-order valence-corrected chi connectivity index (χ1v) is 14.6. The molecule has 46 heavy (non-hydrogen) atoms. The summed E-state index contributed by atoms with van der Waals surface area (Å²) in [7, 11) is 1.30. The highest BCUT2D eigenvalue weighted by Gasteiger charge is 2.52. The van der Waals surface area contributed by atoms with E-state index in [4.69, 9.17) is 38.4 Å². The summed E-state index contributed by atoms with van der Waals surface area (Å²) in [4.78, 5) is 30.6. The minimum atomic E-state index is -2.92. The molecule has 1 fully saturated rings. The summed E-state index contributed by atoms with van der Waals surface area (Å²) in [6, 6.07) is 4.20. The maximum atomic E-state index is 15.2. The van der Waals surface area contributed by atoms with E-state index in [0.29, 0.717) is 23.6 Å². The molecular weight excluding hydrogens is 657 g/mol. The van der Waals surface area contributed by atoms with Gasteiger partial charge in [0, 0.05) is 34.3 Å². The Kier molecular flexibility index (Phi) is 7.81. The van der Waals surface area contributed by atoms with Crippen molar-refractivity contribution in [1.29, 1.82) is 0 Å². The van der Waals surface area contributed by atoms with Gasteiger partial charge in [-0.2, -0.15) is 13.9 Å². The minimum Gasteiger partial charge on any atom is -0.494 e. The summed E-state index contributed by atoms with van der Waals surface area (Å²) in [6.45, 7) is -2.19. The number of aliphatic hydroxyl groups is 1. The summed E-state index contributed by atoms with van der Waals surface area (Å²) in [6.07, 6.45) is 2.07. The van der Waals surface area contributed by atoms with Crippen molar-refractivity contribution in [2.45, 2.75) is 37.3 Å². The van der Waals surface area contributed by atoms with E-state index in [2.05, 4.69) is 15.4 Å². The van der Waals surface area contributed by atoms with Crippen LogP contribution in [0.5, 0.6) is 11.5 Å². The molecule has 16 heteroatoms. The van der Waals surface area contributed by atoms with Crippen LogP contribution in [0.15, 0.2) is 30.5 Å². The number of ether oxygens (including phenoxy) is 2. The molecule has 0 saturated heterocycles. The fourth-order valence-corrected chi connectivity index (χ4v) is 6.31. The van der Waals surface area contributed by atoms with Crippen molar-refractivity contribution in [2.75, 3.05) is 20.3 Å². The zero-order valence-electron chi connectivity index (χ0n) is 24.1. The van der Waals surface area contributed by atoms with Gasteiger partial charge in [-0.15, -0.1) is 0 Å². The second kappa shape index (κ2) is 11.3. The number of carbonyl (C=O) groups excluding carboxylic acids is 2. The normalized spacial score (nSPS) is 18.7. The van der Waals surface area contributed by atoms with Gasteiger partial charge in [-0.3, -0.25) is 9.59 Å². The van der Waals surface area contributed by atoms with Crippen molar-refractivity contribution < 1.29 is 41.7 Å². The van der Waals surface area contributed by atoms with E-state index >= 15 is 4.39 Å². The summed E-state index contributed by atoms with van der Waals surface area (Å²) in [5.41, 5.74) is 1.71. The SMILES string of the molecule is COc1cc(C(=O)NC[C@](O)(c2nc(-c3cc(Cl)c(F)cc3F)c3c(c2Cl)[C@@](C)(C(N)=O)CO3)C2CC2)cc2cn(C(F)F)nc12. The molecule has 4 N–H and O–H groups in total. The number of hydrogen-bond acceptors (Lipinski definition) is 7. The molecule has 1 aliphatic heterocycles. The number of carbonyl (C=O) groups is 2. The number of nitrogens with zero attached hydrogens (tertiary/aromatic N) is 3. The molecule has 2 amide bonds. The summed E-state index contributed by atoms with van der Waals surface area (Å²) in [5, 5.41) is 18.2. The second-order valence-electron chi connectivity index (χ2n) is 11.4. The van der Waals surface area contributed by atoms with Gasteiger partial charge in [0.15, 0.2) is 5.75 Å². The van der Waals surface area contributed by atoms with Crippen molar-refractivity contribution >= 4 is 45.9 Å². The Bertz CT molecular complexity index is 1940. The maximum absolute atomic E-state index is 15.2. The largest absolute Gasteiger partial charge is 0.494 e. The predicted octanol–water partition coefficient (Wildman–Crippen LogP) is 5.25. The quantitative estimate of drug-likeness (QED) is 0.162. The second-order valence-corrected chi connectivity index (χ2v) is 12.2. The summed E-state index contributed by atoms with van der Waals surface area (Å²) < 4.78 is 67.3. The minimum absolute atomic E-state index is 0.0164. The third-order valence-electron chi connectivity index (χ3n) is 8.41. The highest BCUT2D eigenvalue weighted by Crippen LogP contribution is 2.54. The lowest BCUT2D eigenvalue weighted by Gasteiger charge is -2.31. The van der Waals surface area contributed by atoms with E-state index in [1.807, 2.05) is 0 Å². The number of nitrogens with two attached hydrogens (primary N) is 1. The number of pyridine rings is 1. The molecule has 2 aliphatic rings. The molecule has 1 saturated carbocycles. The number of nitrogens with one attached hydrogen (secondary N) is 1. The standard InChI is InChI=1S/C30H25Cl2F4N5O5/c1-29(27(37)43)11-46-24-20(29)21(32)25(39-23(24)15-7-16(31)18(34)8-17(15)33)30(44,14-3-4-14)10-38-26(42)12-5-13-9-41(28(35)36)40-22(13)19(6-12)45-2/h5-9,14,28,44H,3-4,10-11H2,1-2H3,(H2,37,43)(H,38,42)/t29-,30+/m0/s1. The number of benzene rings is 2. The van der Waals surface area contributed by atoms with Crippen molar-refractivity contribution in [2.24, 2.45) is 11.7 Å². The number of hydrogen-bond donors (Lipinski definition) is 3. The molecule has 242 valence electrons. The molecule has 3 heterocycles. The molecule has 1 aliphatic carbocycles. The Labute approximate surface area is 268 Å². The monoisotopic (exact) mass is 681 g/mol. The maximum Gasteiger partial charge on any atom is 0.333 e. The van der Waals surface area contributed by atoms with Crippen molar-refractivity contribution in [1.82, 2.24) is 20.1 Å². The van der Waals surface area contributed by atoms with E-state index in [1.54, 1.807) is 0 Å². The zero-order valence-corrected chi connectivity index (χ0v) is 25.6. The highest BCUT2D eigenvalue weighted by atomic mass is 35.5. The van der Waals surface area contributed by atoms with Crippen LogP contribution < -0.4 is 20.5 Å². The van der Waals surface area contributed by atoms with Gasteiger partial charge in [-0.05, 0) is 43.9 Å². The molecule has 10 nitrogen and oxygen atoms in total. The third-order valence-corrected chi connectivity index (χ3v) is 9.07.